The Hall–Kier alpha value is -3.71. The Kier molecular flexibility index (Phi) is 5.47. The van der Waals surface area contributed by atoms with Gasteiger partial charge < -0.3 is 5.32 Å². The van der Waals surface area contributed by atoms with E-state index in [4.69, 9.17) is 10.1 Å². The zero-order chi connectivity index (χ0) is 22.9. The quantitative estimate of drug-likeness (QED) is 0.388. The number of nitrogens with zero attached hydrogens (tertiary/aromatic N) is 4. The molecule has 168 valence electrons. The molecule has 1 unspecified atom stereocenters. The highest BCUT2D eigenvalue weighted by Crippen LogP contribution is 2.43. The number of benzene rings is 2. The molecule has 34 heavy (non-hydrogen) atoms. The van der Waals surface area contributed by atoms with Crippen LogP contribution < -0.4 is 5.32 Å². The van der Waals surface area contributed by atoms with Crippen molar-refractivity contribution in [2.75, 3.05) is 5.32 Å². The van der Waals surface area contributed by atoms with Gasteiger partial charge in [0.15, 0.2) is 5.78 Å². The summed E-state index contributed by atoms with van der Waals surface area (Å²) in [7, 11) is 0. The number of rotatable bonds is 5. The van der Waals surface area contributed by atoms with Gasteiger partial charge in [-0.05, 0) is 36.1 Å². The average molecular weight is 466 g/mol. The standard InChI is InChI=1S/C27H23N5OS/c33-22-16-9-15-20-23(22)24(21-14-7-8-17-28-21)32-26(29-20)30-27(31-32)34-25(18-10-3-1-4-11-18)19-12-5-2-6-13-19/h1-8,10-14,17,24-25H,9,15-16H2,(H,29,30,31). The number of pyridine rings is 1. The second-order valence-electron chi connectivity index (χ2n) is 8.43. The fourth-order valence-corrected chi connectivity index (χ4v) is 5.76. The van der Waals surface area contributed by atoms with Gasteiger partial charge in [0.1, 0.15) is 6.04 Å². The summed E-state index contributed by atoms with van der Waals surface area (Å²) in [6, 6.07) is 26.2. The highest BCUT2D eigenvalue weighted by atomic mass is 32.2. The minimum atomic E-state index is -0.367. The lowest BCUT2D eigenvalue weighted by molar-refractivity contribution is -0.116. The fourth-order valence-electron chi connectivity index (χ4n) is 4.69. The molecule has 4 aromatic rings. The molecule has 0 radical (unpaired) electrons. The molecule has 2 aromatic carbocycles. The van der Waals surface area contributed by atoms with E-state index in [1.165, 1.54) is 11.1 Å². The van der Waals surface area contributed by atoms with Gasteiger partial charge in [-0.15, -0.1) is 5.10 Å². The van der Waals surface area contributed by atoms with Crippen LogP contribution in [-0.2, 0) is 4.79 Å². The molecule has 1 N–H and O–H groups in total. The number of fused-ring (bicyclic) bond motifs is 1. The zero-order valence-electron chi connectivity index (χ0n) is 18.5. The van der Waals surface area contributed by atoms with Crippen LogP contribution in [0.15, 0.2) is 101 Å². The largest absolute Gasteiger partial charge is 0.328 e. The van der Waals surface area contributed by atoms with E-state index < -0.39 is 0 Å². The van der Waals surface area contributed by atoms with Crippen LogP contribution in [0.5, 0.6) is 0 Å². The molecule has 2 aromatic heterocycles. The van der Waals surface area contributed by atoms with Crippen molar-refractivity contribution >= 4 is 23.5 Å². The number of anilines is 1. The lowest BCUT2D eigenvalue weighted by Gasteiger charge is -2.31. The number of thioether (sulfide) groups is 1. The van der Waals surface area contributed by atoms with Gasteiger partial charge in [0, 0.05) is 23.9 Å². The van der Waals surface area contributed by atoms with Crippen LogP contribution in [0.4, 0.5) is 5.95 Å². The van der Waals surface area contributed by atoms with E-state index in [-0.39, 0.29) is 17.1 Å². The normalized spacial score (nSPS) is 17.3. The van der Waals surface area contributed by atoms with E-state index in [1.54, 1.807) is 18.0 Å². The molecule has 3 heterocycles. The minimum absolute atomic E-state index is 0.0457. The number of allylic oxidation sites excluding steroid dienone is 2. The molecule has 1 atom stereocenters. The van der Waals surface area contributed by atoms with Crippen molar-refractivity contribution in [3.8, 4) is 0 Å². The molecule has 7 heteroatoms. The number of carbonyl (C=O) groups excluding carboxylic acids is 1. The van der Waals surface area contributed by atoms with E-state index in [1.807, 2.05) is 35.0 Å². The summed E-state index contributed by atoms with van der Waals surface area (Å²) in [5.41, 5.74) is 4.89. The van der Waals surface area contributed by atoms with E-state index in [0.717, 1.165) is 29.8 Å². The third-order valence-corrected chi connectivity index (χ3v) is 7.41. The van der Waals surface area contributed by atoms with Crippen molar-refractivity contribution in [2.45, 2.75) is 35.7 Å². The molecule has 0 saturated carbocycles. The molecule has 6 nitrogen and oxygen atoms in total. The van der Waals surface area contributed by atoms with E-state index in [0.29, 0.717) is 17.5 Å². The first-order valence-electron chi connectivity index (χ1n) is 11.5. The highest BCUT2D eigenvalue weighted by molar-refractivity contribution is 7.99. The Balaban J connectivity index is 1.42. The van der Waals surface area contributed by atoms with Crippen molar-refractivity contribution in [3.63, 3.8) is 0 Å². The van der Waals surface area contributed by atoms with Gasteiger partial charge in [-0.2, -0.15) is 4.98 Å². The maximum absolute atomic E-state index is 13.0. The van der Waals surface area contributed by atoms with Gasteiger partial charge in [-0.25, -0.2) is 4.68 Å². The molecule has 0 saturated heterocycles. The number of ketones is 1. The van der Waals surface area contributed by atoms with Crippen molar-refractivity contribution in [1.82, 2.24) is 19.7 Å². The summed E-state index contributed by atoms with van der Waals surface area (Å²) in [6.45, 7) is 0. The molecule has 0 spiro atoms. The molecular formula is C27H23N5OS. The maximum Gasteiger partial charge on any atom is 0.227 e. The predicted molar refractivity (Wildman–Crippen MR) is 132 cm³/mol. The first kappa shape index (κ1) is 20.9. The number of hydrogen-bond donors (Lipinski definition) is 1. The first-order chi connectivity index (χ1) is 16.8. The van der Waals surface area contributed by atoms with E-state index in [2.05, 4.69) is 58.8 Å². The van der Waals surface area contributed by atoms with Crippen LogP contribution in [-0.4, -0.2) is 25.5 Å². The summed E-state index contributed by atoms with van der Waals surface area (Å²) in [5.74, 6) is 0.817. The van der Waals surface area contributed by atoms with Crippen LogP contribution >= 0.6 is 11.8 Å². The topological polar surface area (TPSA) is 72.7 Å². The lowest BCUT2D eigenvalue weighted by Crippen LogP contribution is -2.32. The number of Topliss-reactive ketones (excluding diaryl/α,β-unsaturated/α-hetero) is 1. The van der Waals surface area contributed by atoms with Gasteiger partial charge in [0.05, 0.1) is 10.9 Å². The summed E-state index contributed by atoms with van der Waals surface area (Å²) in [5, 5.41) is 9.02. The number of nitrogens with one attached hydrogen (secondary N) is 1. The Morgan fingerprint density at radius 1 is 0.912 bits per heavy atom. The minimum Gasteiger partial charge on any atom is -0.328 e. The van der Waals surface area contributed by atoms with Gasteiger partial charge in [-0.1, -0.05) is 78.5 Å². The van der Waals surface area contributed by atoms with Gasteiger partial charge in [0.25, 0.3) is 0 Å². The van der Waals surface area contributed by atoms with Gasteiger partial charge >= 0.3 is 0 Å². The summed E-state index contributed by atoms with van der Waals surface area (Å²) in [4.78, 5) is 22.4. The zero-order valence-corrected chi connectivity index (χ0v) is 19.3. The predicted octanol–water partition coefficient (Wildman–Crippen LogP) is 5.58. The second-order valence-corrected chi connectivity index (χ2v) is 9.51. The number of carbonyl (C=O) groups is 1. The molecule has 1 aliphatic heterocycles. The van der Waals surface area contributed by atoms with Crippen molar-refractivity contribution < 1.29 is 4.79 Å². The Morgan fingerprint density at radius 3 is 2.29 bits per heavy atom. The Morgan fingerprint density at radius 2 is 1.62 bits per heavy atom. The SMILES string of the molecule is O=C1CCCC2=C1C(c1ccccn1)n1nc(SC(c3ccccc3)c3ccccc3)nc1N2. The maximum atomic E-state index is 13.0. The van der Waals surface area contributed by atoms with E-state index in [9.17, 15) is 4.79 Å². The first-order valence-corrected chi connectivity index (χ1v) is 12.3. The van der Waals surface area contributed by atoms with Gasteiger partial charge in [0.2, 0.25) is 11.1 Å². The van der Waals surface area contributed by atoms with Crippen LogP contribution in [0.2, 0.25) is 0 Å². The van der Waals surface area contributed by atoms with E-state index >= 15 is 0 Å². The third-order valence-electron chi connectivity index (χ3n) is 6.24. The monoisotopic (exact) mass is 465 g/mol. The number of aromatic nitrogens is 4. The smallest absolute Gasteiger partial charge is 0.227 e. The Bertz CT molecular complexity index is 1310. The lowest BCUT2D eigenvalue weighted by atomic mass is 9.87. The molecule has 2 aliphatic rings. The molecule has 0 fully saturated rings. The van der Waals surface area contributed by atoms with Crippen LogP contribution in [0.1, 0.15) is 47.4 Å². The average Bonchev–Trinajstić information content (AvgIpc) is 3.30. The summed E-state index contributed by atoms with van der Waals surface area (Å²) < 4.78 is 1.83. The summed E-state index contributed by atoms with van der Waals surface area (Å²) >= 11 is 1.61. The third kappa shape index (κ3) is 3.82. The molecule has 6 rings (SSSR count). The Labute approximate surface area is 202 Å². The summed E-state index contributed by atoms with van der Waals surface area (Å²) in [6.07, 6.45) is 3.99. The fraction of sp³-hybridized carbons (Fsp3) is 0.185. The van der Waals surface area contributed by atoms with Crippen LogP contribution in [0.25, 0.3) is 0 Å². The molecular weight excluding hydrogens is 442 g/mol. The van der Waals surface area contributed by atoms with Crippen molar-refractivity contribution in [1.29, 1.82) is 0 Å². The van der Waals surface area contributed by atoms with Crippen molar-refractivity contribution in [2.24, 2.45) is 0 Å². The molecule has 0 bridgehead atoms. The highest BCUT2D eigenvalue weighted by Gasteiger charge is 2.37. The molecule has 0 amide bonds. The second kappa shape index (κ2) is 8.91. The van der Waals surface area contributed by atoms with Gasteiger partial charge in [-0.3, -0.25) is 9.78 Å². The number of hydrogen-bond acceptors (Lipinski definition) is 6. The van der Waals surface area contributed by atoms with Crippen molar-refractivity contribution in [3.05, 3.63) is 113 Å². The van der Waals surface area contributed by atoms with Crippen LogP contribution in [0.3, 0.4) is 0 Å². The van der Waals surface area contributed by atoms with Crippen LogP contribution in [0, 0.1) is 0 Å². The molecule has 1 aliphatic carbocycles.